The molecule has 0 bridgehead atoms. The van der Waals surface area contributed by atoms with Crippen LogP contribution in [0.15, 0.2) is 22.8 Å². The molecule has 1 N–H and O–H groups in total. The Bertz CT molecular complexity index is 617. The third kappa shape index (κ3) is 4.78. The second-order valence-electron chi connectivity index (χ2n) is 6.35. The second kappa shape index (κ2) is 8.42. The van der Waals surface area contributed by atoms with Crippen LogP contribution in [-0.4, -0.2) is 47.1 Å². The molecule has 7 nitrogen and oxygen atoms in total. The van der Waals surface area contributed by atoms with E-state index in [9.17, 15) is 14.4 Å². The van der Waals surface area contributed by atoms with Gasteiger partial charge in [-0.2, -0.15) is 0 Å². The molecule has 0 aromatic carbocycles. The Kier molecular flexibility index (Phi) is 6.52. The summed E-state index contributed by atoms with van der Waals surface area (Å²) in [6, 6.07) is 2.76. The van der Waals surface area contributed by atoms with Gasteiger partial charge >= 0.3 is 5.97 Å². The van der Waals surface area contributed by atoms with Crippen molar-refractivity contribution in [1.82, 2.24) is 10.2 Å². The van der Waals surface area contributed by atoms with Crippen LogP contribution in [0.4, 0.5) is 0 Å². The lowest BCUT2D eigenvalue weighted by Gasteiger charge is -2.25. The average Bonchev–Trinajstić information content (AvgIpc) is 3.20. The van der Waals surface area contributed by atoms with Crippen molar-refractivity contribution >= 4 is 29.5 Å². The molecule has 1 saturated heterocycles. The van der Waals surface area contributed by atoms with E-state index in [0.717, 1.165) is 0 Å². The van der Waals surface area contributed by atoms with Crippen LogP contribution in [0.25, 0.3) is 0 Å². The highest BCUT2D eigenvalue weighted by Crippen LogP contribution is 2.41. The number of nitrogens with one attached hydrogen (secondary N) is 1. The summed E-state index contributed by atoms with van der Waals surface area (Å²) in [5.41, 5.74) is 0. The predicted molar refractivity (Wildman–Crippen MR) is 93.6 cm³/mol. The van der Waals surface area contributed by atoms with E-state index in [1.807, 2.05) is 20.8 Å². The highest BCUT2D eigenvalue weighted by Gasteiger charge is 2.43. The molecule has 2 rings (SSSR count). The summed E-state index contributed by atoms with van der Waals surface area (Å²) in [4.78, 5) is 37.7. The Hall–Kier alpha value is -1.96. The van der Waals surface area contributed by atoms with Gasteiger partial charge in [-0.25, -0.2) is 4.79 Å². The van der Waals surface area contributed by atoms with Gasteiger partial charge in [-0.1, -0.05) is 13.8 Å². The number of amides is 2. The lowest BCUT2D eigenvalue weighted by Crippen LogP contribution is -2.44. The number of furan rings is 1. The van der Waals surface area contributed by atoms with E-state index in [1.54, 1.807) is 12.1 Å². The van der Waals surface area contributed by atoms with Crippen molar-refractivity contribution in [2.45, 2.75) is 45.2 Å². The SMILES string of the molecule is CC(=O)N1[C@@H](c2ccco2)SC[C@H]1C(=O)OCC(=O)N[C@H](C)C(C)C. The molecular weight excluding hydrogens is 344 g/mol. The van der Waals surface area contributed by atoms with Gasteiger partial charge in [0.25, 0.3) is 5.91 Å². The molecule has 0 spiro atoms. The van der Waals surface area contributed by atoms with Crippen molar-refractivity contribution in [2.24, 2.45) is 5.92 Å². The standard InChI is InChI=1S/C17H24N2O5S/c1-10(2)11(3)18-15(21)8-24-17(22)13-9-25-16(19(13)12(4)20)14-6-5-7-23-14/h5-7,10-11,13,16H,8-9H2,1-4H3,(H,18,21)/t11-,13+,16-/m1/s1. The molecule has 1 aliphatic rings. The fraction of sp³-hybridized carbons (Fsp3) is 0.588. The van der Waals surface area contributed by atoms with E-state index in [2.05, 4.69) is 5.32 Å². The van der Waals surface area contributed by atoms with Crippen LogP contribution in [0.1, 0.15) is 38.8 Å². The van der Waals surface area contributed by atoms with Crippen molar-refractivity contribution in [2.75, 3.05) is 12.4 Å². The summed E-state index contributed by atoms with van der Waals surface area (Å²) in [5, 5.41) is 2.41. The summed E-state index contributed by atoms with van der Waals surface area (Å²) in [6.45, 7) is 6.93. The molecule has 1 aromatic rings. The molecule has 1 aliphatic heterocycles. The summed E-state index contributed by atoms with van der Waals surface area (Å²) in [5.74, 6) is 0.119. The van der Waals surface area contributed by atoms with Crippen LogP contribution in [0.2, 0.25) is 0 Å². The van der Waals surface area contributed by atoms with Crippen LogP contribution in [0.3, 0.4) is 0 Å². The van der Waals surface area contributed by atoms with Gasteiger partial charge in [-0.3, -0.25) is 9.59 Å². The molecule has 0 unspecified atom stereocenters. The molecule has 2 amide bonds. The van der Waals surface area contributed by atoms with Gasteiger partial charge in [0.15, 0.2) is 6.61 Å². The van der Waals surface area contributed by atoms with E-state index >= 15 is 0 Å². The molecule has 2 heterocycles. The smallest absolute Gasteiger partial charge is 0.330 e. The Labute approximate surface area is 151 Å². The second-order valence-corrected chi connectivity index (χ2v) is 7.46. The van der Waals surface area contributed by atoms with E-state index in [-0.39, 0.29) is 35.8 Å². The van der Waals surface area contributed by atoms with Crippen molar-refractivity contribution in [3.8, 4) is 0 Å². The van der Waals surface area contributed by atoms with E-state index < -0.39 is 12.0 Å². The summed E-state index contributed by atoms with van der Waals surface area (Å²) >= 11 is 1.43. The lowest BCUT2D eigenvalue weighted by molar-refractivity contribution is -0.156. The molecule has 138 valence electrons. The first kappa shape index (κ1) is 19.4. The number of esters is 1. The minimum atomic E-state index is -0.729. The minimum absolute atomic E-state index is 0.00899. The first-order valence-electron chi connectivity index (χ1n) is 8.21. The number of thioether (sulfide) groups is 1. The van der Waals surface area contributed by atoms with Crippen molar-refractivity contribution in [3.63, 3.8) is 0 Å². The fourth-order valence-corrected chi connectivity index (χ4v) is 3.83. The Morgan fingerprint density at radius 2 is 2.12 bits per heavy atom. The number of hydrogen-bond acceptors (Lipinski definition) is 6. The topological polar surface area (TPSA) is 88.8 Å². The normalized spacial score (nSPS) is 21.2. The first-order chi connectivity index (χ1) is 11.8. The number of carbonyl (C=O) groups excluding carboxylic acids is 3. The van der Waals surface area contributed by atoms with Crippen LogP contribution in [0.5, 0.6) is 0 Å². The van der Waals surface area contributed by atoms with E-state index in [4.69, 9.17) is 9.15 Å². The van der Waals surface area contributed by atoms with Gasteiger partial charge in [0.1, 0.15) is 17.2 Å². The average molecular weight is 368 g/mol. The highest BCUT2D eigenvalue weighted by atomic mass is 32.2. The third-order valence-electron chi connectivity index (χ3n) is 4.16. The van der Waals surface area contributed by atoms with Gasteiger partial charge in [0.05, 0.1) is 6.26 Å². The Morgan fingerprint density at radius 3 is 2.68 bits per heavy atom. The number of rotatable bonds is 6. The summed E-state index contributed by atoms with van der Waals surface area (Å²) < 4.78 is 10.5. The van der Waals surface area contributed by atoms with Crippen molar-refractivity contribution in [3.05, 3.63) is 24.2 Å². The molecule has 8 heteroatoms. The molecule has 25 heavy (non-hydrogen) atoms. The third-order valence-corrected chi connectivity index (χ3v) is 5.44. The number of hydrogen-bond donors (Lipinski definition) is 1. The molecule has 1 aromatic heterocycles. The van der Waals surface area contributed by atoms with E-state index in [0.29, 0.717) is 11.5 Å². The maximum Gasteiger partial charge on any atom is 0.330 e. The van der Waals surface area contributed by atoms with Gasteiger partial charge in [-0.05, 0) is 25.0 Å². The van der Waals surface area contributed by atoms with E-state index in [1.165, 1.54) is 29.8 Å². The molecule has 0 radical (unpaired) electrons. The molecular formula is C17H24N2O5S. The van der Waals surface area contributed by atoms with Crippen LogP contribution < -0.4 is 5.32 Å². The highest BCUT2D eigenvalue weighted by molar-refractivity contribution is 7.99. The summed E-state index contributed by atoms with van der Waals surface area (Å²) in [6.07, 6.45) is 1.53. The van der Waals surface area contributed by atoms with Crippen LogP contribution in [0, 0.1) is 5.92 Å². The van der Waals surface area contributed by atoms with Gasteiger partial charge < -0.3 is 19.4 Å². The number of nitrogens with zero attached hydrogens (tertiary/aromatic N) is 1. The zero-order valence-electron chi connectivity index (χ0n) is 14.9. The fourth-order valence-electron chi connectivity index (χ4n) is 2.42. The van der Waals surface area contributed by atoms with Gasteiger partial charge in [0, 0.05) is 18.7 Å². The first-order valence-corrected chi connectivity index (χ1v) is 9.26. The predicted octanol–water partition coefficient (Wildman–Crippen LogP) is 1.95. The quantitative estimate of drug-likeness (QED) is 0.772. The largest absolute Gasteiger partial charge is 0.466 e. The zero-order chi connectivity index (χ0) is 18.6. The van der Waals surface area contributed by atoms with Gasteiger partial charge in [-0.15, -0.1) is 11.8 Å². The van der Waals surface area contributed by atoms with Gasteiger partial charge in [0.2, 0.25) is 5.91 Å². The maximum absolute atomic E-state index is 12.4. The Balaban J connectivity index is 1.94. The molecule has 1 fully saturated rings. The number of ether oxygens (including phenoxy) is 1. The minimum Gasteiger partial charge on any atom is -0.466 e. The molecule has 0 aliphatic carbocycles. The van der Waals surface area contributed by atoms with Crippen LogP contribution >= 0.6 is 11.8 Å². The molecule has 0 saturated carbocycles. The monoisotopic (exact) mass is 368 g/mol. The number of carbonyl (C=O) groups is 3. The lowest BCUT2D eigenvalue weighted by atomic mass is 10.1. The summed E-state index contributed by atoms with van der Waals surface area (Å²) in [7, 11) is 0. The maximum atomic E-state index is 12.4. The molecule has 3 atom stereocenters. The van der Waals surface area contributed by atoms with Crippen molar-refractivity contribution < 1.29 is 23.5 Å². The zero-order valence-corrected chi connectivity index (χ0v) is 15.7. The van der Waals surface area contributed by atoms with Crippen molar-refractivity contribution in [1.29, 1.82) is 0 Å². The van der Waals surface area contributed by atoms with Crippen LogP contribution in [-0.2, 0) is 19.1 Å². The Morgan fingerprint density at radius 1 is 1.40 bits per heavy atom.